The lowest BCUT2D eigenvalue weighted by Gasteiger charge is -2.32. The molecule has 1 aliphatic heterocycles. The summed E-state index contributed by atoms with van der Waals surface area (Å²) < 4.78 is 10.1. The van der Waals surface area contributed by atoms with Crippen LogP contribution >= 0.6 is 0 Å². The van der Waals surface area contributed by atoms with E-state index in [-0.39, 0.29) is 30.9 Å². The lowest BCUT2D eigenvalue weighted by Crippen LogP contribution is -2.41. The molecule has 9 heteroatoms. The van der Waals surface area contributed by atoms with Gasteiger partial charge in [0.25, 0.3) is 5.69 Å². The Bertz CT molecular complexity index is 670. The lowest BCUT2D eigenvalue weighted by molar-refractivity contribution is -0.384. The highest BCUT2D eigenvalue weighted by atomic mass is 16.6. The van der Waals surface area contributed by atoms with Gasteiger partial charge in [-0.2, -0.15) is 0 Å². The van der Waals surface area contributed by atoms with Crippen molar-refractivity contribution in [3.05, 3.63) is 28.3 Å². The Morgan fingerprint density at radius 3 is 2.62 bits per heavy atom. The van der Waals surface area contributed by atoms with Crippen molar-refractivity contribution < 1.29 is 24.0 Å². The van der Waals surface area contributed by atoms with E-state index in [2.05, 4.69) is 5.32 Å². The summed E-state index contributed by atoms with van der Waals surface area (Å²) in [4.78, 5) is 35.3. The fourth-order valence-electron chi connectivity index (χ4n) is 2.78. The number of carbonyl (C=O) groups excluding carboxylic acids is 2. The number of nitro benzene ring substituents is 1. The Hall–Kier alpha value is -2.84. The SMILES string of the molecule is CCOC(=O)COc1ccc([N+](=O)[O-])c(NC2CCN(C(C)=O)CC2)c1. The molecule has 0 radical (unpaired) electrons. The van der Waals surface area contributed by atoms with Crippen LogP contribution in [0.3, 0.4) is 0 Å². The van der Waals surface area contributed by atoms with Gasteiger partial charge < -0.3 is 19.7 Å². The molecule has 1 aromatic rings. The minimum absolute atomic E-state index is 0.0182. The van der Waals surface area contributed by atoms with Gasteiger partial charge in [0.2, 0.25) is 5.91 Å². The Morgan fingerprint density at radius 1 is 1.35 bits per heavy atom. The van der Waals surface area contributed by atoms with E-state index in [1.54, 1.807) is 11.8 Å². The molecule has 0 spiro atoms. The molecule has 142 valence electrons. The van der Waals surface area contributed by atoms with Crippen molar-refractivity contribution in [1.82, 2.24) is 4.90 Å². The van der Waals surface area contributed by atoms with Crippen molar-refractivity contribution in [3.8, 4) is 5.75 Å². The fraction of sp³-hybridized carbons (Fsp3) is 0.529. The molecule has 0 bridgehead atoms. The zero-order valence-corrected chi connectivity index (χ0v) is 14.9. The molecule has 0 aromatic heterocycles. The van der Waals surface area contributed by atoms with Crippen LogP contribution in [0, 0.1) is 10.1 Å². The first-order valence-electron chi connectivity index (χ1n) is 8.49. The summed E-state index contributed by atoms with van der Waals surface area (Å²) in [5.41, 5.74) is 0.264. The second-order valence-electron chi connectivity index (χ2n) is 5.95. The number of esters is 1. The number of nitrogens with one attached hydrogen (secondary N) is 1. The Kier molecular flexibility index (Phi) is 6.76. The van der Waals surface area contributed by atoms with Gasteiger partial charge in [-0.05, 0) is 25.8 Å². The number of piperidine rings is 1. The summed E-state index contributed by atoms with van der Waals surface area (Å²) in [7, 11) is 0. The topological polar surface area (TPSA) is 111 Å². The van der Waals surface area contributed by atoms with E-state index >= 15 is 0 Å². The van der Waals surface area contributed by atoms with E-state index in [1.807, 2.05) is 0 Å². The summed E-state index contributed by atoms with van der Waals surface area (Å²) in [6, 6.07) is 4.31. The summed E-state index contributed by atoms with van der Waals surface area (Å²) in [6.07, 6.45) is 1.40. The van der Waals surface area contributed by atoms with Crippen LogP contribution in [0.25, 0.3) is 0 Å². The maximum atomic E-state index is 11.4. The number of nitro groups is 1. The molecule has 1 amide bonds. The third kappa shape index (κ3) is 5.33. The van der Waals surface area contributed by atoms with Crippen LogP contribution in [-0.2, 0) is 14.3 Å². The van der Waals surface area contributed by atoms with E-state index in [9.17, 15) is 19.7 Å². The highest BCUT2D eigenvalue weighted by Crippen LogP contribution is 2.31. The first-order valence-corrected chi connectivity index (χ1v) is 8.49. The number of nitrogens with zero attached hydrogens (tertiary/aromatic N) is 2. The molecule has 26 heavy (non-hydrogen) atoms. The lowest BCUT2D eigenvalue weighted by atomic mass is 10.0. The van der Waals surface area contributed by atoms with Gasteiger partial charge in [0, 0.05) is 38.2 Å². The molecule has 0 aliphatic carbocycles. The molecule has 1 heterocycles. The van der Waals surface area contributed by atoms with Crippen LogP contribution in [0.4, 0.5) is 11.4 Å². The van der Waals surface area contributed by atoms with Gasteiger partial charge in [0.1, 0.15) is 11.4 Å². The smallest absolute Gasteiger partial charge is 0.344 e. The third-order valence-corrected chi connectivity index (χ3v) is 4.13. The molecular weight excluding hydrogens is 342 g/mol. The van der Waals surface area contributed by atoms with E-state index in [0.29, 0.717) is 37.4 Å². The molecule has 0 saturated carbocycles. The molecule has 1 aromatic carbocycles. The van der Waals surface area contributed by atoms with Crippen LogP contribution in [0.15, 0.2) is 18.2 Å². The van der Waals surface area contributed by atoms with E-state index in [4.69, 9.17) is 9.47 Å². The van der Waals surface area contributed by atoms with Crippen molar-refractivity contribution in [2.75, 3.05) is 31.6 Å². The number of ether oxygens (including phenoxy) is 2. The van der Waals surface area contributed by atoms with Gasteiger partial charge in [0.15, 0.2) is 6.61 Å². The highest BCUT2D eigenvalue weighted by molar-refractivity contribution is 5.73. The predicted octanol–water partition coefficient (Wildman–Crippen LogP) is 1.96. The van der Waals surface area contributed by atoms with Crippen LogP contribution in [0.5, 0.6) is 5.75 Å². The molecule has 1 aliphatic rings. The maximum absolute atomic E-state index is 11.4. The number of carbonyl (C=O) groups is 2. The van der Waals surface area contributed by atoms with Gasteiger partial charge in [0.05, 0.1) is 11.5 Å². The van der Waals surface area contributed by atoms with Crippen molar-refractivity contribution >= 4 is 23.3 Å². The molecule has 2 rings (SSSR count). The Labute approximate surface area is 151 Å². The summed E-state index contributed by atoms with van der Waals surface area (Å²) in [6.45, 7) is 4.45. The van der Waals surface area contributed by atoms with Gasteiger partial charge in [-0.1, -0.05) is 0 Å². The number of anilines is 1. The normalized spacial score (nSPS) is 14.6. The van der Waals surface area contributed by atoms with Crippen molar-refractivity contribution in [1.29, 1.82) is 0 Å². The van der Waals surface area contributed by atoms with Gasteiger partial charge >= 0.3 is 5.97 Å². The molecule has 0 unspecified atom stereocenters. The quantitative estimate of drug-likeness (QED) is 0.447. The van der Waals surface area contributed by atoms with Crippen LogP contribution in [-0.4, -0.2) is 54.0 Å². The minimum atomic E-state index is -0.503. The predicted molar refractivity (Wildman–Crippen MR) is 94.1 cm³/mol. The van der Waals surface area contributed by atoms with E-state index in [0.717, 1.165) is 0 Å². The largest absolute Gasteiger partial charge is 0.482 e. The fourth-order valence-corrected chi connectivity index (χ4v) is 2.78. The zero-order chi connectivity index (χ0) is 19.1. The van der Waals surface area contributed by atoms with Crippen molar-refractivity contribution in [2.45, 2.75) is 32.7 Å². The summed E-state index contributed by atoms with van der Waals surface area (Å²) in [5.74, 6) is -0.131. The van der Waals surface area contributed by atoms with E-state index < -0.39 is 10.9 Å². The molecular formula is C17H23N3O6. The second kappa shape index (κ2) is 9.02. The van der Waals surface area contributed by atoms with Crippen LogP contribution < -0.4 is 10.1 Å². The first kappa shape index (κ1) is 19.5. The van der Waals surface area contributed by atoms with E-state index in [1.165, 1.54) is 25.1 Å². The standard InChI is InChI=1S/C17H23N3O6/c1-3-25-17(22)11-26-14-4-5-16(20(23)24)15(10-14)18-13-6-8-19(9-7-13)12(2)21/h4-5,10,13,18H,3,6-9,11H2,1-2H3. The Morgan fingerprint density at radius 2 is 2.04 bits per heavy atom. The molecule has 1 fully saturated rings. The number of amides is 1. The average Bonchev–Trinajstić information content (AvgIpc) is 2.60. The third-order valence-electron chi connectivity index (χ3n) is 4.13. The number of rotatable bonds is 7. The van der Waals surface area contributed by atoms with Crippen molar-refractivity contribution in [2.24, 2.45) is 0 Å². The minimum Gasteiger partial charge on any atom is -0.482 e. The number of hydrogen-bond acceptors (Lipinski definition) is 7. The summed E-state index contributed by atoms with van der Waals surface area (Å²) in [5, 5.41) is 14.4. The number of likely N-dealkylation sites (tertiary alicyclic amines) is 1. The van der Waals surface area contributed by atoms with Gasteiger partial charge in [-0.15, -0.1) is 0 Å². The van der Waals surface area contributed by atoms with Crippen LogP contribution in [0.2, 0.25) is 0 Å². The highest BCUT2D eigenvalue weighted by Gasteiger charge is 2.23. The average molecular weight is 365 g/mol. The van der Waals surface area contributed by atoms with Crippen LogP contribution in [0.1, 0.15) is 26.7 Å². The second-order valence-corrected chi connectivity index (χ2v) is 5.95. The zero-order valence-electron chi connectivity index (χ0n) is 14.9. The number of benzene rings is 1. The monoisotopic (exact) mass is 365 g/mol. The summed E-state index contributed by atoms with van der Waals surface area (Å²) >= 11 is 0. The van der Waals surface area contributed by atoms with Gasteiger partial charge in [-0.3, -0.25) is 14.9 Å². The maximum Gasteiger partial charge on any atom is 0.344 e. The number of hydrogen-bond donors (Lipinski definition) is 1. The van der Waals surface area contributed by atoms with Gasteiger partial charge in [-0.25, -0.2) is 4.79 Å². The Balaban J connectivity index is 2.05. The molecule has 1 N–H and O–H groups in total. The first-order chi connectivity index (χ1) is 12.4. The van der Waals surface area contributed by atoms with Crippen molar-refractivity contribution in [3.63, 3.8) is 0 Å². The molecule has 1 saturated heterocycles. The molecule has 0 atom stereocenters. The molecule has 9 nitrogen and oxygen atoms in total.